The summed E-state index contributed by atoms with van der Waals surface area (Å²) >= 11 is 0. The van der Waals surface area contributed by atoms with Crippen LogP contribution in [0.2, 0.25) is 0 Å². The van der Waals surface area contributed by atoms with Gasteiger partial charge in [0.05, 0.1) is 6.61 Å². The molecule has 3 aromatic rings. The van der Waals surface area contributed by atoms with Crippen molar-refractivity contribution in [3.8, 4) is 5.75 Å². The van der Waals surface area contributed by atoms with Crippen molar-refractivity contribution in [2.24, 2.45) is 10.1 Å². The van der Waals surface area contributed by atoms with Gasteiger partial charge in [0, 0.05) is 41.7 Å². The molecule has 2 aliphatic rings. The normalized spacial score (nSPS) is 18.2. The second-order valence-electron chi connectivity index (χ2n) is 9.53. The highest BCUT2D eigenvalue weighted by Gasteiger charge is 2.45. The summed E-state index contributed by atoms with van der Waals surface area (Å²) in [4.78, 5) is 21.7. The number of azide groups is 1. The first kappa shape index (κ1) is 25.3. The quantitative estimate of drug-likeness (QED) is 0.181. The van der Waals surface area contributed by atoms with E-state index < -0.39 is 5.54 Å². The molecule has 1 atom stereocenters. The highest BCUT2D eigenvalue weighted by molar-refractivity contribution is 6.00. The van der Waals surface area contributed by atoms with Crippen molar-refractivity contribution in [1.82, 2.24) is 5.32 Å². The zero-order chi connectivity index (χ0) is 26.4. The number of nitrogens with one attached hydrogen (secondary N) is 1. The second-order valence-corrected chi connectivity index (χ2v) is 9.53. The Balaban J connectivity index is 1.41. The highest BCUT2D eigenvalue weighted by Crippen LogP contribution is 2.32. The molecule has 194 valence electrons. The molecule has 2 N–H and O–H groups in total. The van der Waals surface area contributed by atoms with E-state index in [9.17, 15) is 4.79 Å². The summed E-state index contributed by atoms with van der Waals surface area (Å²) in [6, 6.07) is 22.7. The largest absolute Gasteiger partial charge is 0.494 e. The number of aliphatic hydroxyl groups is 1. The van der Waals surface area contributed by atoms with Gasteiger partial charge in [0.25, 0.3) is 5.91 Å². The Morgan fingerprint density at radius 3 is 2.53 bits per heavy atom. The number of amides is 1. The minimum absolute atomic E-state index is 0.0289. The zero-order valence-electron chi connectivity index (χ0n) is 20.9. The molecule has 3 aromatic carbocycles. The van der Waals surface area contributed by atoms with E-state index in [-0.39, 0.29) is 31.6 Å². The number of carbonyl (C=O) groups is 1. The van der Waals surface area contributed by atoms with E-state index in [1.807, 2.05) is 48.5 Å². The van der Waals surface area contributed by atoms with E-state index in [1.165, 1.54) is 11.1 Å². The summed E-state index contributed by atoms with van der Waals surface area (Å²) in [6.45, 7) is 0.558. The number of ether oxygens (including phenoxy) is 2. The third kappa shape index (κ3) is 5.49. The zero-order valence-corrected chi connectivity index (χ0v) is 20.9. The van der Waals surface area contributed by atoms with Crippen LogP contribution in [0.5, 0.6) is 5.75 Å². The Kier molecular flexibility index (Phi) is 7.58. The predicted octanol–water partition coefficient (Wildman–Crippen LogP) is 4.43. The molecule has 1 aliphatic heterocycles. The van der Waals surface area contributed by atoms with Crippen LogP contribution < -0.4 is 10.1 Å². The Hall–Kier alpha value is -4.33. The van der Waals surface area contributed by atoms with Crippen LogP contribution in [0.1, 0.15) is 28.7 Å². The van der Waals surface area contributed by atoms with Gasteiger partial charge in [-0.2, -0.15) is 0 Å². The molecule has 0 aromatic heterocycles. The topological polar surface area (TPSA) is 129 Å². The number of hydrogen-bond acceptors (Lipinski definition) is 6. The second kappa shape index (κ2) is 11.4. The molecule has 0 spiro atoms. The van der Waals surface area contributed by atoms with E-state index in [2.05, 4.69) is 27.5 Å². The van der Waals surface area contributed by atoms with Gasteiger partial charge in [-0.05, 0) is 59.3 Å². The van der Waals surface area contributed by atoms with Gasteiger partial charge in [-0.1, -0.05) is 53.6 Å². The maximum atomic E-state index is 13.9. The molecule has 0 unspecified atom stereocenters. The monoisotopic (exact) mass is 511 g/mol. The molecule has 38 heavy (non-hydrogen) atoms. The fraction of sp³-hybridized carbons (Fsp3) is 0.310. The van der Waals surface area contributed by atoms with Gasteiger partial charge in [0.1, 0.15) is 12.4 Å². The van der Waals surface area contributed by atoms with Gasteiger partial charge in [-0.25, -0.2) is 4.99 Å². The first-order valence-electron chi connectivity index (χ1n) is 12.7. The van der Waals surface area contributed by atoms with Gasteiger partial charge in [0.2, 0.25) is 5.90 Å². The smallest absolute Gasteiger partial charge is 0.252 e. The summed E-state index contributed by atoms with van der Waals surface area (Å²) < 4.78 is 11.6. The van der Waals surface area contributed by atoms with Gasteiger partial charge in [0.15, 0.2) is 5.54 Å². The molecule has 0 radical (unpaired) electrons. The molecule has 1 amide bonds. The lowest BCUT2D eigenvalue weighted by Crippen LogP contribution is -2.51. The van der Waals surface area contributed by atoms with Crippen LogP contribution in [0.3, 0.4) is 0 Å². The maximum Gasteiger partial charge on any atom is 0.252 e. The number of aliphatic imine (C=N–C) groups is 1. The molecule has 0 fully saturated rings. The SMILES string of the molecule is [N-]=[N+]=Nc1ccccc1C[C@]1(C(=O)NC2Cc3ccccc3C2)COC(c2ccc(OCCCO)cc2)=N1. The molecule has 9 nitrogen and oxygen atoms in total. The van der Waals surface area contributed by atoms with Crippen molar-refractivity contribution in [1.29, 1.82) is 0 Å². The number of fused-ring (bicyclic) bond motifs is 1. The summed E-state index contributed by atoms with van der Waals surface area (Å²) in [5, 5.41) is 16.0. The third-order valence-corrected chi connectivity index (χ3v) is 6.87. The summed E-state index contributed by atoms with van der Waals surface area (Å²) in [5.41, 5.74) is 12.2. The lowest BCUT2D eigenvalue weighted by atomic mass is 9.90. The number of hydrogen-bond donors (Lipinski definition) is 2. The van der Waals surface area contributed by atoms with Gasteiger partial charge >= 0.3 is 0 Å². The van der Waals surface area contributed by atoms with Crippen molar-refractivity contribution in [2.75, 3.05) is 19.8 Å². The number of rotatable bonds is 10. The molecule has 1 heterocycles. The van der Waals surface area contributed by atoms with E-state index in [0.717, 1.165) is 24.0 Å². The van der Waals surface area contributed by atoms with Crippen LogP contribution >= 0.6 is 0 Å². The van der Waals surface area contributed by atoms with Crippen molar-refractivity contribution >= 4 is 17.5 Å². The molecule has 1 aliphatic carbocycles. The Labute approximate surface area is 220 Å². The van der Waals surface area contributed by atoms with Gasteiger partial charge < -0.3 is 19.9 Å². The number of carbonyl (C=O) groups excluding carboxylic acids is 1. The van der Waals surface area contributed by atoms with Crippen molar-refractivity contribution in [2.45, 2.75) is 37.3 Å². The molecular weight excluding hydrogens is 482 g/mol. The first-order chi connectivity index (χ1) is 18.6. The average Bonchev–Trinajstić information content (AvgIpc) is 3.55. The van der Waals surface area contributed by atoms with Crippen LogP contribution in [-0.2, 0) is 28.8 Å². The molecule has 5 rings (SSSR count). The van der Waals surface area contributed by atoms with E-state index in [4.69, 9.17) is 25.1 Å². The third-order valence-electron chi connectivity index (χ3n) is 6.87. The number of aliphatic hydroxyl groups excluding tert-OH is 1. The number of nitrogens with zero attached hydrogens (tertiary/aromatic N) is 4. The molecule has 0 bridgehead atoms. The Morgan fingerprint density at radius 2 is 1.82 bits per heavy atom. The summed E-state index contributed by atoms with van der Waals surface area (Å²) in [5.74, 6) is 0.830. The summed E-state index contributed by atoms with van der Waals surface area (Å²) in [7, 11) is 0. The predicted molar refractivity (Wildman–Crippen MR) is 144 cm³/mol. The average molecular weight is 512 g/mol. The highest BCUT2D eigenvalue weighted by atomic mass is 16.5. The maximum absolute atomic E-state index is 13.9. The van der Waals surface area contributed by atoms with Crippen LogP contribution in [0, 0.1) is 0 Å². The molecule has 9 heteroatoms. The Bertz CT molecular complexity index is 1360. The summed E-state index contributed by atoms with van der Waals surface area (Å²) in [6.07, 6.45) is 2.31. The lowest BCUT2D eigenvalue weighted by Gasteiger charge is -2.26. The number of benzene rings is 3. The van der Waals surface area contributed by atoms with Crippen molar-refractivity contribution < 1.29 is 19.4 Å². The van der Waals surface area contributed by atoms with Gasteiger partial charge in [-0.15, -0.1) is 0 Å². The van der Waals surface area contributed by atoms with Crippen LogP contribution in [0.15, 0.2) is 82.9 Å². The van der Waals surface area contributed by atoms with E-state index in [1.54, 1.807) is 12.1 Å². The standard InChI is InChI=1S/C29H29N5O4/c30-34-33-26-9-4-3-8-23(26)18-29(28(36)31-24-16-21-6-1-2-7-22(21)17-24)19-38-27(32-29)20-10-12-25(13-11-20)37-15-5-14-35/h1-4,6-13,24,35H,5,14-19H2,(H,31,36)/t29-/m1/s1. The van der Waals surface area contributed by atoms with Crippen LogP contribution in [0.4, 0.5) is 5.69 Å². The lowest BCUT2D eigenvalue weighted by molar-refractivity contribution is -0.127. The minimum Gasteiger partial charge on any atom is -0.494 e. The fourth-order valence-electron chi connectivity index (χ4n) is 4.93. The van der Waals surface area contributed by atoms with Gasteiger partial charge in [-0.3, -0.25) is 4.79 Å². The van der Waals surface area contributed by atoms with E-state index >= 15 is 0 Å². The van der Waals surface area contributed by atoms with Crippen molar-refractivity contribution in [3.05, 3.63) is 105 Å². The van der Waals surface area contributed by atoms with Crippen LogP contribution in [-0.4, -0.2) is 48.3 Å². The van der Waals surface area contributed by atoms with Crippen LogP contribution in [0.25, 0.3) is 10.4 Å². The minimum atomic E-state index is -1.22. The molecule has 0 saturated carbocycles. The van der Waals surface area contributed by atoms with E-state index in [0.29, 0.717) is 30.4 Å². The first-order valence-corrected chi connectivity index (χ1v) is 12.7. The Morgan fingerprint density at radius 1 is 1.11 bits per heavy atom. The van der Waals surface area contributed by atoms with Crippen molar-refractivity contribution in [3.63, 3.8) is 0 Å². The molecule has 0 saturated heterocycles. The fourth-order valence-corrected chi connectivity index (χ4v) is 4.93. The molecular formula is C29H29N5O4.